The molecule has 0 unspecified atom stereocenters. The maximum Gasteiger partial charge on any atom is 0.310 e. The Bertz CT molecular complexity index is 1420. The van der Waals surface area contributed by atoms with E-state index in [2.05, 4.69) is 10.0 Å². The minimum atomic E-state index is -4.04. The summed E-state index contributed by atoms with van der Waals surface area (Å²) in [5.74, 6) is -1.03. The largest absolute Gasteiger partial charge is 0.466 e. The molecule has 0 radical (unpaired) electrons. The maximum absolute atomic E-state index is 13.8. The van der Waals surface area contributed by atoms with Crippen LogP contribution in [0.4, 0.5) is 11.4 Å². The molecule has 0 aliphatic carbocycles. The van der Waals surface area contributed by atoms with E-state index in [4.69, 9.17) is 9.47 Å². The fourth-order valence-electron chi connectivity index (χ4n) is 4.86. The summed E-state index contributed by atoms with van der Waals surface area (Å²) in [5, 5.41) is 2.75. The summed E-state index contributed by atoms with van der Waals surface area (Å²) < 4.78 is 41.1. The van der Waals surface area contributed by atoms with Crippen LogP contribution in [0.25, 0.3) is 0 Å². The van der Waals surface area contributed by atoms with Gasteiger partial charge in [-0.3, -0.25) is 9.59 Å². The molecule has 1 saturated heterocycles. The first-order valence-electron chi connectivity index (χ1n) is 13.8. The third-order valence-electron chi connectivity index (χ3n) is 6.89. The number of hydrogen-bond donors (Lipinski definition) is 2. The van der Waals surface area contributed by atoms with Crippen LogP contribution in [0.5, 0.6) is 0 Å². The molecule has 4 rings (SSSR count). The molecule has 9 nitrogen and oxygen atoms in total. The number of anilines is 2. The summed E-state index contributed by atoms with van der Waals surface area (Å²) in [5.41, 5.74) is 2.55. The molecule has 1 aliphatic rings. The van der Waals surface area contributed by atoms with Crippen molar-refractivity contribution in [2.24, 2.45) is 5.92 Å². The fourth-order valence-corrected chi connectivity index (χ4v) is 6.34. The molecule has 0 spiro atoms. The van der Waals surface area contributed by atoms with Crippen molar-refractivity contribution in [3.05, 3.63) is 90.0 Å². The summed E-state index contributed by atoms with van der Waals surface area (Å²) in [7, 11) is -4.04. The fraction of sp³-hybridized carbons (Fsp3) is 0.355. The number of rotatable bonds is 12. The zero-order valence-corrected chi connectivity index (χ0v) is 24.2. The lowest BCUT2D eigenvalue weighted by atomic mass is 9.97. The van der Waals surface area contributed by atoms with E-state index in [1.807, 2.05) is 65.6 Å². The van der Waals surface area contributed by atoms with Crippen molar-refractivity contribution >= 4 is 33.3 Å². The molecule has 1 fully saturated rings. The molecule has 2 N–H and O–H groups in total. The van der Waals surface area contributed by atoms with Gasteiger partial charge in [0.05, 0.1) is 24.8 Å². The molecule has 3 aromatic rings. The number of ether oxygens (including phenoxy) is 2. The van der Waals surface area contributed by atoms with E-state index in [9.17, 15) is 18.0 Å². The number of esters is 1. The number of benzene rings is 3. The Kier molecular flexibility index (Phi) is 10.5. The highest BCUT2D eigenvalue weighted by molar-refractivity contribution is 7.89. The van der Waals surface area contributed by atoms with Crippen LogP contribution in [0.1, 0.15) is 43.9 Å². The van der Waals surface area contributed by atoms with Crippen LogP contribution in [0.2, 0.25) is 0 Å². The number of hydrogen-bond acceptors (Lipinski definition) is 7. The summed E-state index contributed by atoms with van der Waals surface area (Å²) in [4.78, 5) is 27.0. The van der Waals surface area contributed by atoms with Crippen molar-refractivity contribution in [3.8, 4) is 0 Å². The van der Waals surface area contributed by atoms with Gasteiger partial charge in [-0.25, -0.2) is 13.1 Å². The number of carbonyl (C=O) groups is 2. The van der Waals surface area contributed by atoms with Crippen molar-refractivity contribution in [1.82, 2.24) is 4.72 Å². The van der Waals surface area contributed by atoms with Crippen LogP contribution >= 0.6 is 0 Å². The van der Waals surface area contributed by atoms with E-state index >= 15 is 0 Å². The van der Waals surface area contributed by atoms with Crippen LogP contribution in [0, 0.1) is 5.92 Å². The van der Waals surface area contributed by atoms with Crippen LogP contribution in [0.3, 0.4) is 0 Å². The van der Waals surface area contributed by atoms with Crippen LogP contribution < -0.4 is 14.9 Å². The van der Waals surface area contributed by atoms with Gasteiger partial charge in [0.25, 0.3) is 0 Å². The first-order valence-corrected chi connectivity index (χ1v) is 15.3. The molecule has 0 aromatic heterocycles. The summed E-state index contributed by atoms with van der Waals surface area (Å²) in [6.07, 6.45) is 1.39. The van der Waals surface area contributed by atoms with Crippen LogP contribution in [-0.4, -0.2) is 46.6 Å². The minimum absolute atomic E-state index is 0.0211. The smallest absolute Gasteiger partial charge is 0.310 e. The van der Waals surface area contributed by atoms with Crippen LogP contribution in [-0.2, 0) is 35.7 Å². The normalized spacial score (nSPS) is 16.1. The standard InChI is InChI=1S/C31H37N3O6S/c1-3-40-31(36)26-15-10-18-34(20-26)28-17-16-27(32-30(35)22-39-21-24-11-6-4-7-12-24)19-29(28)41(37,38)33-23(2)25-13-8-5-9-14-25/h4-9,11-14,16-17,19,23,26,33H,3,10,15,18,20-22H2,1-2H3,(H,32,35)/t23-,26+/m1/s1. The van der Waals surface area contributed by atoms with Gasteiger partial charge < -0.3 is 19.7 Å². The molecule has 1 heterocycles. The van der Waals surface area contributed by atoms with Crippen molar-refractivity contribution in [2.75, 3.05) is 36.5 Å². The van der Waals surface area contributed by atoms with Gasteiger partial charge in [0.15, 0.2) is 0 Å². The van der Waals surface area contributed by atoms with Gasteiger partial charge in [-0.15, -0.1) is 0 Å². The molecule has 0 bridgehead atoms. The third-order valence-corrected chi connectivity index (χ3v) is 8.46. The van der Waals surface area contributed by atoms with E-state index in [1.165, 1.54) is 6.07 Å². The Labute approximate surface area is 241 Å². The highest BCUT2D eigenvalue weighted by Crippen LogP contribution is 2.33. The summed E-state index contributed by atoms with van der Waals surface area (Å²) in [6.45, 7) is 4.86. The molecule has 3 aromatic carbocycles. The molecular formula is C31H37N3O6S. The maximum atomic E-state index is 13.8. The highest BCUT2D eigenvalue weighted by atomic mass is 32.2. The SMILES string of the molecule is CCOC(=O)[C@H]1CCCN(c2ccc(NC(=O)COCc3ccccc3)cc2S(=O)(=O)N[C@H](C)c2ccccc2)C1. The monoisotopic (exact) mass is 579 g/mol. The first kappa shape index (κ1) is 30.2. The Morgan fingerprint density at radius 2 is 1.73 bits per heavy atom. The molecule has 10 heteroatoms. The Morgan fingerprint density at radius 3 is 2.44 bits per heavy atom. The lowest BCUT2D eigenvalue weighted by molar-refractivity contribution is -0.148. The van der Waals surface area contributed by atoms with Gasteiger partial charge >= 0.3 is 5.97 Å². The zero-order chi connectivity index (χ0) is 29.2. The predicted octanol–water partition coefficient (Wildman–Crippen LogP) is 4.66. The molecular weight excluding hydrogens is 542 g/mol. The molecule has 1 amide bonds. The molecule has 2 atom stereocenters. The van der Waals surface area contributed by atoms with Crippen molar-refractivity contribution in [1.29, 1.82) is 0 Å². The quantitative estimate of drug-likeness (QED) is 0.300. The third kappa shape index (κ3) is 8.39. The number of piperidine rings is 1. The van der Waals surface area contributed by atoms with Gasteiger partial charge in [0.1, 0.15) is 11.5 Å². The lowest BCUT2D eigenvalue weighted by Gasteiger charge is -2.34. The van der Waals surface area contributed by atoms with Gasteiger partial charge in [0.2, 0.25) is 15.9 Å². The second-order valence-electron chi connectivity index (χ2n) is 10.00. The van der Waals surface area contributed by atoms with Crippen LogP contribution in [0.15, 0.2) is 83.8 Å². The molecule has 0 saturated carbocycles. The lowest BCUT2D eigenvalue weighted by Crippen LogP contribution is -2.40. The van der Waals surface area contributed by atoms with E-state index in [1.54, 1.807) is 26.0 Å². The van der Waals surface area contributed by atoms with Gasteiger partial charge in [-0.2, -0.15) is 0 Å². The average molecular weight is 580 g/mol. The Morgan fingerprint density at radius 1 is 1.02 bits per heavy atom. The second-order valence-corrected chi connectivity index (χ2v) is 11.7. The van der Waals surface area contributed by atoms with Crippen molar-refractivity contribution < 1.29 is 27.5 Å². The second kappa shape index (κ2) is 14.2. The number of sulfonamides is 1. The summed E-state index contributed by atoms with van der Waals surface area (Å²) in [6, 6.07) is 23.1. The number of amides is 1. The molecule has 218 valence electrons. The van der Waals surface area contributed by atoms with E-state index in [0.717, 1.165) is 11.1 Å². The first-order chi connectivity index (χ1) is 19.8. The molecule has 1 aliphatic heterocycles. The number of nitrogens with one attached hydrogen (secondary N) is 2. The average Bonchev–Trinajstić information content (AvgIpc) is 2.98. The van der Waals surface area contributed by atoms with E-state index in [0.29, 0.717) is 43.9 Å². The molecule has 41 heavy (non-hydrogen) atoms. The Balaban J connectivity index is 1.56. The number of carbonyl (C=O) groups excluding carboxylic acids is 2. The van der Waals surface area contributed by atoms with Crippen molar-refractivity contribution in [2.45, 2.75) is 44.2 Å². The van der Waals surface area contributed by atoms with Crippen molar-refractivity contribution in [3.63, 3.8) is 0 Å². The number of nitrogens with zero attached hydrogens (tertiary/aromatic N) is 1. The zero-order valence-electron chi connectivity index (χ0n) is 23.4. The van der Waals surface area contributed by atoms with Gasteiger partial charge in [0, 0.05) is 24.8 Å². The van der Waals surface area contributed by atoms with E-state index in [-0.39, 0.29) is 30.0 Å². The topological polar surface area (TPSA) is 114 Å². The Hall–Kier alpha value is -3.73. The van der Waals surface area contributed by atoms with Gasteiger partial charge in [-0.1, -0.05) is 60.7 Å². The summed E-state index contributed by atoms with van der Waals surface area (Å²) >= 11 is 0. The minimum Gasteiger partial charge on any atom is -0.466 e. The highest BCUT2D eigenvalue weighted by Gasteiger charge is 2.31. The van der Waals surface area contributed by atoms with E-state index < -0.39 is 22.0 Å². The predicted molar refractivity (Wildman–Crippen MR) is 158 cm³/mol. The van der Waals surface area contributed by atoms with Gasteiger partial charge in [-0.05, 0) is 56.0 Å².